The van der Waals surface area contributed by atoms with Crippen LogP contribution in [0.5, 0.6) is 0 Å². The van der Waals surface area contributed by atoms with Crippen LogP contribution in [0.4, 0.5) is 13.2 Å². The van der Waals surface area contributed by atoms with Gasteiger partial charge in [-0.3, -0.25) is 0 Å². The largest absolute Gasteiger partial charge is 0.479 e. The van der Waals surface area contributed by atoms with Crippen LogP contribution >= 0.6 is 0 Å². The minimum absolute atomic E-state index is 0.185. The topological polar surface area (TPSA) is 57.5 Å². The van der Waals surface area contributed by atoms with Gasteiger partial charge in [-0.2, -0.15) is 13.2 Å². The number of rotatable bonds is 4. The van der Waals surface area contributed by atoms with Crippen molar-refractivity contribution in [2.75, 3.05) is 0 Å². The molecule has 1 rings (SSSR count). The second-order valence-electron chi connectivity index (χ2n) is 4.39. The summed E-state index contributed by atoms with van der Waals surface area (Å²) in [7, 11) is 0. The van der Waals surface area contributed by atoms with E-state index in [0.717, 1.165) is 6.07 Å². The lowest BCUT2D eigenvalue weighted by molar-refractivity contribution is -0.162. The molecule has 1 aromatic carbocycles. The molecule has 0 amide bonds. The molecule has 3 nitrogen and oxygen atoms in total. The zero-order valence-corrected chi connectivity index (χ0v) is 10.5. The number of aliphatic carboxylic acids is 1. The van der Waals surface area contributed by atoms with Crippen LogP contribution in [0.3, 0.4) is 0 Å². The number of hydrogen-bond acceptors (Lipinski definition) is 2. The zero-order valence-electron chi connectivity index (χ0n) is 10.5. The summed E-state index contributed by atoms with van der Waals surface area (Å²) in [4.78, 5) is 11.1. The van der Waals surface area contributed by atoms with Crippen LogP contribution in [0.25, 0.3) is 0 Å². The minimum atomic E-state index is -4.59. The first kappa shape index (κ1) is 15.5. The molecule has 0 bridgehead atoms. The second-order valence-corrected chi connectivity index (χ2v) is 4.39. The number of halogens is 3. The van der Waals surface area contributed by atoms with Gasteiger partial charge in [0.15, 0.2) is 5.60 Å². The number of carbonyl (C=O) groups is 1. The Labute approximate surface area is 108 Å². The lowest BCUT2D eigenvalue weighted by atomic mass is 9.79. The van der Waals surface area contributed by atoms with Crippen molar-refractivity contribution in [2.24, 2.45) is 0 Å². The summed E-state index contributed by atoms with van der Waals surface area (Å²) >= 11 is 0. The van der Waals surface area contributed by atoms with Gasteiger partial charge in [0.05, 0.1) is 5.56 Å². The number of hydrogen-bond donors (Lipinski definition) is 2. The van der Waals surface area contributed by atoms with E-state index in [4.69, 9.17) is 5.11 Å². The van der Waals surface area contributed by atoms with Gasteiger partial charge in [0.2, 0.25) is 0 Å². The molecule has 0 radical (unpaired) electrons. The van der Waals surface area contributed by atoms with Gasteiger partial charge >= 0.3 is 12.1 Å². The van der Waals surface area contributed by atoms with Crippen LogP contribution in [0.15, 0.2) is 24.3 Å². The van der Waals surface area contributed by atoms with Gasteiger partial charge in [-0.05, 0) is 18.1 Å². The van der Waals surface area contributed by atoms with E-state index in [2.05, 4.69) is 0 Å². The highest BCUT2D eigenvalue weighted by molar-refractivity contribution is 5.78. The van der Waals surface area contributed by atoms with Crippen LogP contribution in [-0.2, 0) is 11.0 Å². The third-order valence-electron chi connectivity index (χ3n) is 3.36. The van der Waals surface area contributed by atoms with Crippen molar-refractivity contribution < 1.29 is 28.2 Å². The zero-order chi connectivity index (χ0) is 14.8. The Balaban J connectivity index is 3.35. The number of carboxylic acid groups (broad SMARTS) is 1. The van der Waals surface area contributed by atoms with E-state index in [1.165, 1.54) is 32.0 Å². The van der Waals surface area contributed by atoms with Crippen LogP contribution in [0, 0.1) is 0 Å². The van der Waals surface area contributed by atoms with E-state index < -0.39 is 29.2 Å². The molecule has 2 N–H and O–H groups in total. The third kappa shape index (κ3) is 2.89. The van der Waals surface area contributed by atoms with E-state index in [0.29, 0.717) is 0 Å². The van der Waals surface area contributed by atoms with E-state index >= 15 is 0 Å². The molecule has 1 aromatic rings. The Morgan fingerprint density at radius 2 is 1.84 bits per heavy atom. The Morgan fingerprint density at radius 3 is 2.26 bits per heavy atom. The Bertz CT molecular complexity index is 470. The molecule has 0 aliphatic heterocycles. The molecular weight excluding hydrogens is 261 g/mol. The molecule has 106 valence electrons. The normalized spacial score (nSPS) is 16.7. The molecule has 0 fully saturated rings. The van der Waals surface area contributed by atoms with Crippen molar-refractivity contribution in [3.8, 4) is 0 Å². The van der Waals surface area contributed by atoms with E-state index in [-0.39, 0.29) is 12.0 Å². The molecule has 0 saturated carbocycles. The number of aliphatic hydroxyl groups is 1. The number of alkyl halides is 3. The van der Waals surface area contributed by atoms with Gasteiger partial charge in [0.1, 0.15) is 0 Å². The first-order valence-electron chi connectivity index (χ1n) is 5.76. The lowest BCUT2D eigenvalue weighted by Gasteiger charge is -2.30. The van der Waals surface area contributed by atoms with Gasteiger partial charge in [-0.25, -0.2) is 4.79 Å². The summed E-state index contributed by atoms with van der Waals surface area (Å²) in [6.07, 6.45) is -4.77. The van der Waals surface area contributed by atoms with Gasteiger partial charge in [-0.1, -0.05) is 32.0 Å². The van der Waals surface area contributed by atoms with E-state index in [9.17, 15) is 23.1 Å². The maximum Gasteiger partial charge on any atom is 0.416 e. The second kappa shape index (κ2) is 5.21. The maximum absolute atomic E-state index is 12.9. The Hall–Kier alpha value is -1.56. The molecule has 6 heteroatoms. The summed E-state index contributed by atoms with van der Waals surface area (Å²) in [5, 5.41) is 19.1. The van der Waals surface area contributed by atoms with Crippen molar-refractivity contribution >= 4 is 5.97 Å². The van der Waals surface area contributed by atoms with Crippen molar-refractivity contribution in [3.63, 3.8) is 0 Å². The standard InChI is InChI=1S/C13H15F3O3/c1-3-12(19,11(17)18)8(2)9-6-4-5-7-10(9)13(14,15)16/h4-8,19H,3H2,1-2H3,(H,17,18). The quantitative estimate of drug-likeness (QED) is 0.888. The Kier molecular flexibility index (Phi) is 4.25. The smallest absolute Gasteiger partial charge is 0.416 e. The average Bonchev–Trinajstić information content (AvgIpc) is 2.35. The highest BCUT2D eigenvalue weighted by Gasteiger charge is 2.44. The molecular formula is C13H15F3O3. The molecule has 0 saturated heterocycles. The number of benzene rings is 1. The van der Waals surface area contributed by atoms with Crippen molar-refractivity contribution in [1.82, 2.24) is 0 Å². The summed E-state index contributed by atoms with van der Waals surface area (Å²) < 4.78 is 38.6. The van der Waals surface area contributed by atoms with Crippen molar-refractivity contribution in [3.05, 3.63) is 35.4 Å². The lowest BCUT2D eigenvalue weighted by Crippen LogP contribution is -2.43. The first-order valence-corrected chi connectivity index (χ1v) is 5.76. The monoisotopic (exact) mass is 276 g/mol. The van der Waals surface area contributed by atoms with E-state index in [1.807, 2.05) is 0 Å². The fourth-order valence-corrected chi connectivity index (χ4v) is 2.03. The summed E-state index contributed by atoms with van der Waals surface area (Å²) in [6, 6.07) is 4.69. The summed E-state index contributed by atoms with van der Waals surface area (Å²) in [5.74, 6) is -2.70. The molecule has 19 heavy (non-hydrogen) atoms. The maximum atomic E-state index is 12.9. The van der Waals surface area contributed by atoms with Gasteiger partial charge in [0, 0.05) is 5.92 Å². The molecule has 0 aliphatic rings. The molecule has 0 aliphatic carbocycles. The fraction of sp³-hybridized carbons (Fsp3) is 0.462. The van der Waals surface area contributed by atoms with Gasteiger partial charge in [0.25, 0.3) is 0 Å². The predicted molar refractivity (Wildman–Crippen MR) is 62.7 cm³/mol. The molecule has 0 spiro atoms. The first-order chi connectivity index (χ1) is 8.64. The molecule has 0 aromatic heterocycles. The average molecular weight is 276 g/mol. The van der Waals surface area contributed by atoms with Crippen molar-refractivity contribution in [2.45, 2.75) is 38.0 Å². The van der Waals surface area contributed by atoms with Crippen LogP contribution in [-0.4, -0.2) is 21.8 Å². The van der Waals surface area contributed by atoms with Crippen LogP contribution < -0.4 is 0 Å². The molecule has 2 atom stereocenters. The summed E-state index contributed by atoms with van der Waals surface area (Å²) in [6.45, 7) is 2.70. The van der Waals surface area contributed by atoms with Gasteiger partial charge in [-0.15, -0.1) is 0 Å². The fourth-order valence-electron chi connectivity index (χ4n) is 2.03. The highest BCUT2D eigenvalue weighted by atomic mass is 19.4. The van der Waals surface area contributed by atoms with Gasteiger partial charge < -0.3 is 10.2 Å². The Morgan fingerprint density at radius 1 is 1.32 bits per heavy atom. The highest BCUT2D eigenvalue weighted by Crippen LogP contribution is 2.39. The third-order valence-corrected chi connectivity index (χ3v) is 3.36. The molecule has 2 unspecified atom stereocenters. The summed E-state index contributed by atoms with van der Waals surface area (Å²) in [5.41, 5.74) is -3.36. The van der Waals surface area contributed by atoms with Crippen molar-refractivity contribution in [1.29, 1.82) is 0 Å². The van der Waals surface area contributed by atoms with Crippen LogP contribution in [0.2, 0.25) is 0 Å². The molecule has 0 heterocycles. The van der Waals surface area contributed by atoms with Crippen LogP contribution in [0.1, 0.15) is 37.3 Å². The van der Waals surface area contributed by atoms with E-state index in [1.54, 1.807) is 0 Å². The minimum Gasteiger partial charge on any atom is -0.479 e. The SMILES string of the molecule is CCC(O)(C(=O)O)C(C)c1ccccc1C(F)(F)F. The number of carboxylic acids is 1. The predicted octanol–water partition coefficient (Wildman–Crippen LogP) is 3.03.